The van der Waals surface area contributed by atoms with Gasteiger partial charge in [-0.05, 0) is 77.3 Å². The van der Waals surface area contributed by atoms with E-state index in [1.807, 2.05) is 0 Å². The van der Waals surface area contributed by atoms with Crippen LogP contribution in [0, 0.1) is 11.3 Å². The van der Waals surface area contributed by atoms with Gasteiger partial charge in [0.2, 0.25) is 0 Å². The number of hydrogen-bond donors (Lipinski definition) is 0. The molecular weight excluding hydrogens is 304 g/mol. The molecule has 3 aliphatic rings. The van der Waals surface area contributed by atoms with E-state index in [9.17, 15) is 4.79 Å². The lowest BCUT2D eigenvalue weighted by Crippen LogP contribution is -2.36. The number of carbonyl (C=O) groups is 1. The number of benzene rings is 2. The normalized spacial score (nSPS) is 28.5. The summed E-state index contributed by atoms with van der Waals surface area (Å²) < 4.78 is 0. The second kappa shape index (κ2) is 5.30. The van der Waals surface area contributed by atoms with Crippen molar-refractivity contribution < 1.29 is 4.79 Å². The summed E-state index contributed by atoms with van der Waals surface area (Å²) in [6.45, 7) is 4.51. The van der Waals surface area contributed by atoms with Crippen LogP contribution in [0.25, 0.3) is 10.8 Å². The molecule has 0 heterocycles. The van der Waals surface area contributed by atoms with Gasteiger partial charge >= 0.3 is 0 Å². The zero-order valence-electron chi connectivity index (χ0n) is 15.3. The van der Waals surface area contributed by atoms with E-state index in [-0.39, 0.29) is 5.41 Å². The molecule has 2 bridgehead atoms. The third-order valence-electron chi connectivity index (χ3n) is 7.27. The molecule has 128 valence electrons. The lowest BCUT2D eigenvalue weighted by molar-refractivity contribution is 0.0824. The highest BCUT2D eigenvalue weighted by Gasteiger charge is 2.50. The van der Waals surface area contributed by atoms with Crippen LogP contribution in [0.2, 0.25) is 0 Å². The summed E-state index contributed by atoms with van der Waals surface area (Å²) in [6.07, 6.45) is 9.03. The van der Waals surface area contributed by atoms with Crippen LogP contribution < -0.4 is 0 Å². The smallest absolute Gasteiger partial charge is 0.163 e. The van der Waals surface area contributed by atoms with E-state index < -0.39 is 0 Å². The minimum atomic E-state index is 0.235. The van der Waals surface area contributed by atoms with Crippen LogP contribution in [0.1, 0.15) is 73.4 Å². The monoisotopic (exact) mass is 330 g/mol. The van der Waals surface area contributed by atoms with Crippen molar-refractivity contribution in [2.75, 3.05) is 0 Å². The summed E-state index contributed by atoms with van der Waals surface area (Å²) in [5.41, 5.74) is 5.53. The second-order valence-corrected chi connectivity index (χ2v) is 8.74. The first-order chi connectivity index (χ1) is 12.1. The molecule has 5 rings (SSSR count). The first kappa shape index (κ1) is 15.4. The molecule has 3 aliphatic carbocycles. The molecule has 0 saturated heterocycles. The SMILES string of the molecule is CCC(C)c1ccc2cc3c(cc2c1)C(=O)CC1(CC2=CCC1C2)C3. The highest BCUT2D eigenvalue weighted by molar-refractivity contribution is 6.03. The largest absolute Gasteiger partial charge is 0.294 e. The minimum Gasteiger partial charge on any atom is -0.294 e. The highest BCUT2D eigenvalue weighted by atomic mass is 16.1. The number of rotatable bonds is 2. The molecule has 3 unspecified atom stereocenters. The van der Waals surface area contributed by atoms with Crippen molar-refractivity contribution in [3.05, 3.63) is 58.7 Å². The van der Waals surface area contributed by atoms with Crippen molar-refractivity contribution in [1.82, 2.24) is 0 Å². The van der Waals surface area contributed by atoms with Crippen LogP contribution in [0.5, 0.6) is 0 Å². The zero-order chi connectivity index (χ0) is 17.2. The Hall–Kier alpha value is -1.89. The maximum Gasteiger partial charge on any atom is 0.163 e. The molecule has 25 heavy (non-hydrogen) atoms. The average molecular weight is 330 g/mol. The van der Waals surface area contributed by atoms with E-state index in [0.29, 0.717) is 17.6 Å². The Balaban J connectivity index is 1.59. The quantitative estimate of drug-likeness (QED) is 0.598. The summed E-state index contributed by atoms with van der Waals surface area (Å²) in [4.78, 5) is 13.0. The average Bonchev–Trinajstić information content (AvgIpc) is 3.20. The summed E-state index contributed by atoms with van der Waals surface area (Å²) >= 11 is 0. The van der Waals surface area contributed by atoms with E-state index in [4.69, 9.17) is 0 Å². The van der Waals surface area contributed by atoms with Crippen LogP contribution in [0.15, 0.2) is 42.0 Å². The van der Waals surface area contributed by atoms with E-state index in [2.05, 4.69) is 50.3 Å². The van der Waals surface area contributed by atoms with Crippen LogP contribution >= 0.6 is 0 Å². The predicted molar refractivity (Wildman–Crippen MR) is 103 cm³/mol. The molecule has 0 radical (unpaired) electrons. The minimum absolute atomic E-state index is 0.235. The third-order valence-corrected chi connectivity index (χ3v) is 7.27. The third kappa shape index (κ3) is 2.25. The summed E-state index contributed by atoms with van der Waals surface area (Å²) in [6, 6.07) is 11.3. The van der Waals surface area contributed by atoms with Crippen LogP contribution in [0.3, 0.4) is 0 Å². The highest BCUT2D eigenvalue weighted by Crippen LogP contribution is 2.58. The van der Waals surface area contributed by atoms with E-state index in [1.165, 1.54) is 34.7 Å². The fourth-order valence-electron chi connectivity index (χ4n) is 5.58. The van der Waals surface area contributed by atoms with Crippen LogP contribution in [-0.2, 0) is 6.42 Å². The Kier molecular flexibility index (Phi) is 3.26. The van der Waals surface area contributed by atoms with Gasteiger partial charge in [0.15, 0.2) is 5.78 Å². The van der Waals surface area contributed by atoms with Crippen LogP contribution in [0.4, 0.5) is 0 Å². The van der Waals surface area contributed by atoms with Gasteiger partial charge in [-0.2, -0.15) is 0 Å². The molecule has 0 N–H and O–H groups in total. The van der Waals surface area contributed by atoms with Gasteiger partial charge in [-0.3, -0.25) is 4.79 Å². The summed E-state index contributed by atoms with van der Waals surface area (Å²) in [5, 5.41) is 2.52. The number of Topliss-reactive ketones (excluding diaryl/α,β-unsaturated/α-hetero) is 1. The Morgan fingerprint density at radius 3 is 2.72 bits per heavy atom. The van der Waals surface area contributed by atoms with Crippen molar-refractivity contribution in [3.8, 4) is 0 Å². The second-order valence-electron chi connectivity index (χ2n) is 8.74. The van der Waals surface area contributed by atoms with Crippen molar-refractivity contribution in [1.29, 1.82) is 0 Å². The maximum atomic E-state index is 13.0. The van der Waals surface area contributed by atoms with Crippen LogP contribution in [-0.4, -0.2) is 5.78 Å². The van der Waals surface area contributed by atoms with Gasteiger partial charge in [0.1, 0.15) is 0 Å². The number of carbonyl (C=O) groups excluding carboxylic acids is 1. The van der Waals surface area contributed by atoms with Gasteiger partial charge in [0.25, 0.3) is 0 Å². The summed E-state index contributed by atoms with van der Waals surface area (Å²) in [5.74, 6) is 1.66. The Morgan fingerprint density at radius 2 is 2.00 bits per heavy atom. The Labute approximate surface area is 150 Å². The van der Waals surface area contributed by atoms with Gasteiger partial charge in [0, 0.05) is 12.0 Å². The van der Waals surface area contributed by atoms with E-state index in [0.717, 1.165) is 31.2 Å². The van der Waals surface area contributed by atoms with Gasteiger partial charge in [-0.1, -0.05) is 49.8 Å². The lowest BCUT2D eigenvalue weighted by Gasteiger charge is -2.39. The lowest BCUT2D eigenvalue weighted by atomic mass is 9.63. The first-order valence-corrected chi connectivity index (χ1v) is 9.86. The van der Waals surface area contributed by atoms with Crippen molar-refractivity contribution in [3.63, 3.8) is 0 Å². The number of fused-ring (bicyclic) bond motifs is 5. The van der Waals surface area contributed by atoms with Crippen molar-refractivity contribution in [2.24, 2.45) is 11.3 Å². The molecule has 1 nitrogen and oxygen atoms in total. The van der Waals surface area contributed by atoms with E-state index >= 15 is 0 Å². The molecule has 3 atom stereocenters. The molecule has 1 fully saturated rings. The number of allylic oxidation sites excluding steroid dienone is 2. The zero-order valence-corrected chi connectivity index (χ0v) is 15.3. The van der Waals surface area contributed by atoms with Gasteiger partial charge in [0.05, 0.1) is 0 Å². The molecule has 1 spiro atoms. The van der Waals surface area contributed by atoms with Gasteiger partial charge in [-0.25, -0.2) is 0 Å². The topological polar surface area (TPSA) is 17.1 Å². The number of ketones is 1. The van der Waals surface area contributed by atoms with Gasteiger partial charge in [-0.15, -0.1) is 0 Å². The molecule has 1 heteroatoms. The first-order valence-electron chi connectivity index (χ1n) is 9.86. The number of hydrogen-bond acceptors (Lipinski definition) is 1. The molecule has 1 saturated carbocycles. The molecule has 2 aromatic rings. The van der Waals surface area contributed by atoms with Crippen molar-refractivity contribution >= 4 is 16.6 Å². The molecule has 0 amide bonds. The Morgan fingerprint density at radius 1 is 1.12 bits per heavy atom. The summed E-state index contributed by atoms with van der Waals surface area (Å²) in [7, 11) is 0. The maximum absolute atomic E-state index is 13.0. The Bertz CT molecular complexity index is 919. The molecular formula is C24H26O. The fraction of sp³-hybridized carbons (Fsp3) is 0.458. The molecule has 2 aromatic carbocycles. The van der Waals surface area contributed by atoms with E-state index in [1.54, 1.807) is 5.57 Å². The fourth-order valence-corrected chi connectivity index (χ4v) is 5.58. The molecule has 0 aromatic heterocycles. The predicted octanol–water partition coefficient (Wildman–Crippen LogP) is 6.21. The standard InChI is InChI=1S/C24H26O/c1-3-15(2)17-5-6-18-10-20-13-24(12-16-4-7-21(24)8-16)14-23(25)22(20)11-19(18)9-17/h4-6,9-11,15,21H,3,7-8,12-14H2,1-2H3. The van der Waals surface area contributed by atoms with Gasteiger partial charge < -0.3 is 0 Å². The van der Waals surface area contributed by atoms with Crippen molar-refractivity contribution in [2.45, 2.75) is 58.3 Å². The molecule has 0 aliphatic heterocycles.